The van der Waals surface area contributed by atoms with Crippen molar-refractivity contribution in [2.24, 2.45) is 30.7 Å². The first-order chi connectivity index (χ1) is 28.1. The molecule has 0 aliphatic rings. The average molecular weight is 824 g/mol. The van der Waals surface area contributed by atoms with Crippen molar-refractivity contribution in [3.05, 3.63) is 113 Å². The molecule has 0 saturated heterocycles. The van der Waals surface area contributed by atoms with Gasteiger partial charge in [0.05, 0.1) is 66.0 Å². The molecule has 4 N–H and O–H groups in total. The highest BCUT2D eigenvalue weighted by Crippen LogP contribution is 2.46. The maximum absolute atomic E-state index is 11.4. The summed E-state index contributed by atoms with van der Waals surface area (Å²) < 4.78 is 20.1. The highest BCUT2D eigenvalue weighted by atomic mass is 32.2. The van der Waals surface area contributed by atoms with Crippen LogP contribution in [0.25, 0.3) is 10.8 Å². The first-order valence-electron chi connectivity index (χ1n) is 17.3. The van der Waals surface area contributed by atoms with E-state index in [1.165, 1.54) is 7.11 Å². The Morgan fingerprint density at radius 1 is 0.534 bits per heavy atom. The van der Waals surface area contributed by atoms with Crippen LogP contribution in [0.15, 0.2) is 131 Å². The van der Waals surface area contributed by atoms with Gasteiger partial charge in [0.2, 0.25) is 0 Å². The van der Waals surface area contributed by atoms with Gasteiger partial charge in [-0.05, 0) is 140 Å². The van der Waals surface area contributed by atoms with Crippen molar-refractivity contribution in [3.8, 4) is 17.2 Å². The number of hydrogen-bond donors (Lipinski definition) is 4. The summed E-state index contributed by atoms with van der Waals surface area (Å²) in [5.41, 5.74) is 7.89. The van der Waals surface area contributed by atoms with Gasteiger partial charge in [-0.1, -0.05) is 10.1 Å². The third-order valence-corrected chi connectivity index (χ3v) is 9.91. The number of aryl methyl sites for hydroxylation is 4. The number of aromatic hydroxyl groups is 1. The van der Waals surface area contributed by atoms with Gasteiger partial charge in [0, 0.05) is 27.7 Å². The Hall–Kier alpha value is -5.96. The zero-order valence-corrected chi connectivity index (χ0v) is 33.6. The fraction of sp³-hybridized carbons (Fsp3) is 0.150. The molecule has 6 aromatic carbocycles. The predicted molar refractivity (Wildman–Crippen MR) is 221 cm³/mol. The van der Waals surface area contributed by atoms with E-state index in [9.17, 15) is 5.11 Å². The molecule has 0 atom stereocenters. The smallest absolute Gasteiger partial charge is 0.152 e. The van der Waals surface area contributed by atoms with Crippen molar-refractivity contribution in [2.45, 2.75) is 37.5 Å². The number of hydrogen-bond acceptors (Lipinski definition) is 18. The number of fused-ring (bicyclic) bond motifs is 1. The van der Waals surface area contributed by atoms with Crippen LogP contribution in [-0.2, 0) is 18.7 Å². The highest BCUT2D eigenvalue weighted by molar-refractivity contribution is 7.94. The van der Waals surface area contributed by atoms with Crippen LogP contribution < -0.4 is 14.8 Å². The number of methoxy groups -OCH3 is 2. The molecule has 0 unspecified atom stereocenters. The monoisotopic (exact) mass is 823 g/mol. The second kappa shape index (κ2) is 19.5. The molecule has 18 heteroatoms. The van der Waals surface area contributed by atoms with Gasteiger partial charge in [0.15, 0.2) is 5.75 Å². The topological polar surface area (TPSA) is 202 Å². The van der Waals surface area contributed by atoms with Crippen molar-refractivity contribution in [3.63, 3.8) is 0 Å². The molecule has 0 radical (unpaired) electrons. The molecular formula is C40H37N7O9S2. The van der Waals surface area contributed by atoms with E-state index in [-0.39, 0.29) is 11.4 Å². The number of nitrogens with one attached hydrogen (secondary N) is 1. The first kappa shape index (κ1) is 41.7. The molecule has 0 saturated carbocycles. The number of azo groups is 3. The van der Waals surface area contributed by atoms with Gasteiger partial charge in [-0.2, -0.15) is 20.5 Å². The molecule has 58 heavy (non-hydrogen) atoms. The second-order valence-corrected chi connectivity index (χ2v) is 14.1. The quantitative estimate of drug-likeness (QED) is 0.0312. The van der Waals surface area contributed by atoms with Gasteiger partial charge in [0.25, 0.3) is 0 Å². The number of anilines is 2. The lowest BCUT2D eigenvalue weighted by Crippen LogP contribution is -1.91. The van der Waals surface area contributed by atoms with Gasteiger partial charge < -0.3 is 19.9 Å². The van der Waals surface area contributed by atoms with Crippen LogP contribution in [0, 0.1) is 27.7 Å². The summed E-state index contributed by atoms with van der Waals surface area (Å²) in [6.45, 7) is 7.57. The molecule has 0 fully saturated rings. The SMILES string of the molecule is COc1ccc(Nc2ccc3c(O)c(N=Nc4cc(C)c(N=Nc5cc(C)c(N=Nc6ccc(SOOO)cc6C)cc5C)cc4OC)c(SOOO)cc3c2)cc1. The maximum Gasteiger partial charge on any atom is 0.152 e. The molecule has 16 nitrogen and oxygen atoms in total. The Balaban J connectivity index is 1.22. The summed E-state index contributed by atoms with van der Waals surface area (Å²) in [4.78, 5) is 1.04. The molecule has 0 amide bonds. The molecule has 0 aromatic heterocycles. The van der Waals surface area contributed by atoms with Gasteiger partial charge in [0.1, 0.15) is 22.9 Å². The largest absolute Gasteiger partial charge is 0.505 e. The summed E-state index contributed by atoms with van der Waals surface area (Å²) in [6, 6.07) is 27.3. The summed E-state index contributed by atoms with van der Waals surface area (Å²) in [7, 11) is 3.11. The molecule has 6 aromatic rings. The third kappa shape index (κ3) is 10.1. The van der Waals surface area contributed by atoms with Crippen molar-refractivity contribution < 1.29 is 43.8 Å². The molecular weight excluding hydrogens is 787 g/mol. The minimum atomic E-state index is -0.162. The Kier molecular flexibility index (Phi) is 14.0. The average Bonchev–Trinajstić information content (AvgIpc) is 3.22. The van der Waals surface area contributed by atoms with Crippen molar-refractivity contribution in [1.82, 2.24) is 0 Å². The van der Waals surface area contributed by atoms with E-state index in [1.807, 2.05) is 82.3 Å². The molecule has 298 valence electrons. The van der Waals surface area contributed by atoms with E-state index < -0.39 is 0 Å². The molecule has 0 heterocycles. The van der Waals surface area contributed by atoms with E-state index in [0.717, 1.165) is 56.3 Å². The lowest BCUT2D eigenvalue weighted by atomic mass is 10.1. The number of benzene rings is 6. The van der Waals surface area contributed by atoms with Crippen molar-refractivity contribution in [2.75, 3.05) is 19.5 Å². The highest BCUT2D eigenvalue weighted by Gasteiger charge is 2.17. The number of ether oxygens (including phenoxy) is 2. The van der Waals surface area contributed by atoms with E-state index in [2.05, 4.69) is 50.4 Å². The number of phenolic OH excluding ortho intramolecular Hbond substituents is 1. The lowest BCUT2D eigenvalue weighted by Gasteiger charge is -2.12. The van der Waals surface area contributed by atoms with Crippen LogP contribution in [0.5, 0.6) is 17.2 Å². The van der Waals surface area contributed by atoms with Gasteiger partial charge in [-0.15, -0.1) is 18.9 Å². The molecule has 6 rings (SSSR count). The van der Waals surface area contributed by atoms with Crippen molar-refractivity contribution in [1.29, 1.82) is 0 Å². The zero-order chi connectivity index (χ0) is 41.2. The Bertz CT molecular complexity index is 2520. The predicted octanol–water partition coefficient (Wildman–Crippen LogP) is 13.6. The minimum Gasteiger partial charge on any atom is -0.505 e. The minimum absolute atomic E-state index is 0.0785. The van der Waals surface area contributed by atoms with Crippen LogP contribution in [0.2, 0.25) is 0 Å². The van der Waals surface area contributed by atoms with Crippen LogP contribution in [0.1, 0.15) is 22.3 Å². The number of nitrogens with zero attached hydrogens (tertiary/aromatic N) is 6. The van der Waals surface area contributed by atoms with Crippen LogP contribution >= 0.6 is 24.1 Å². The fourth-order valence-electron chi connectivity index (χ4n) is 5.66. The molecule has 0 spiro atoms. The second-order valence-electron chi connectivity index (χ2n) is 12.6. The Morgan fingerprint density at radius 2 is 1.10 bits per heavy atom. The van der Waals surface area contributed by atoms with E-state index in [0.29, 0.717) is 61.9 Å². The van der Waals surface area contributed by atoms with E-state index >= 15 is 0 Å². The number of phenols is 1. The normalized spacial score (nSPS) is 11.7. The van der Waals surface area contributed by atoms with Gasteiger partial charge in [-0.25, -0.2) is 10.5 Å². The van der Waals surface area contributed by atoms with E-state index in [1.54, 1.807) is 43.5 Å². The summed E-state index contributed by atoms with van der Waals surface area (Å²) in [5.74, 6) is 0.938. The maximum atomic E-state index is 11.4. The summed E-state index contributed by atoms with van der Waals surface area (Å²) in [5, 5.41) is 67.4. The lowest BCUT2D eigenvalue weighted by molar-refractivity contribution is -0.432. The molecule has 0 bridgehead atoms. The van der Waals surface area contributed by atoms with Crippen molar-refractivity contribution >= 4 is 80.4 Å². The first-order valence-corrected chi connectivity index (χ1v) is 18.7. The summed E-state index contributed by atoms with van der Waals surface area (Å²) >= 11 is 1.52. The summed E-state index contributed by atoms with van der Waals surface area (Å²) in [6.07, 6.45) is 0. The van der Waals surface area contributed by atoms with Crippen LogP contribution in [-0.4, -0.2) is 29.8 Å². The zero-order valence-electron chi connectivity index (χ0n) is 32.0. The number of rotatable bonds is 16. The third-order valence-electron chi connectivity index (χ3n) is 8.71. The Labute approximate surface area is 341 Å². The van der Waals surface area contributed by atoms with Gasteiger partial charge in [-0.3, -0.25) is 0 Å². The van der Waals surface area contributed by atoms with Gasteiger partial charge >= 0.3 is 0 Å². The molecule has 0 aliphatic carbocycles. The molecule has 0 aliphatic heterocycles. The van der Waals surface area contributed by atoms with Crippen LogP contribution in [0.3, 0.4) is 0 Å². The fourth-order valence-corrected chi connectivity index (χ4v) is 6.61. The Morgan fingerprint density at radius 3 is 1.72 bits per heavy atom. The standard InChI is InChI=1S/C40H37N7O9S2/c1-22-15-30(57-55-53-49)12-14-32(22)42-43-33-16-24(3)34(17-23(33)2)44-45-35-21-37(52-6)36(18-25(35)4)46-47-39-38(58-56-54-50)20-26-19-28(9-13-31(26)40(39)48)41-27-7-10-29(51-5)11-8-27/h7-21,41,48-50H,1-6H3. The van der Waals surface area contributed by atoms with E-state index in [4.69, 9.17) is 24.3 Å². The van der Waals surface area contributed by atoms with Crippen LogP contribution in [0.4, 0.5) is 45.5 Å².